The van der Waals surface area contributed by atoms with E-state index in [0.29, 0.717) is 79.3 Å². The number of fused-ring (bicyclic) bond motifs is 2. The van der Waals surface area contributed by atoms with E-state index in [4.69, 9.17) is 21.6 Å². The van der Waals surface area contributed by atoms with Gasteiger partial charge in [0.15, 0.2) is 0 Å². The number of piperidine rings is 3. The molecule has 2 aromatic heterocycles. The third kappa shape index (κ3) is 9.09. The quantitative estimate of drug-likeness (QED) is 0.318. The highest BCUT2D eigenvalue weighted by atomic mass is 35.5. The first-order valence-electron chi connectivity index (χ1n) is 19.6. The van der Waals surface area contributed by atoms with Crippen LogP contribution in [0.3, 0.4) is 0 Å². The van der Waals surface area contributed by atoms with Crippen LogP contribution in [0.15, 0.2) is 40.1 Å². The molecule has 0 spiro atoms. The number of rotatable bonds is 8. The van der Waals surface area contributed by atoms with Gasteiger partial charge in [-0.3, -0.25) is 22.8 Å². The van der Waals surface area contributed by atoms with Gasteiger partial charge in [0.05, 0.1) is 33.0 Å². The van der Waals surface area contributed by atoms with Crippen LogP contribution in [0.5, 0.6) is 0 Å². The second kappa shape index (κ2) is 17.3. The maximum absolute atomic E-state index is 12.8. The molecule has 2 unspecified atom stereocenters. The molecule has 0 aliphatic carbocycles. The summed E-state index contributed by atoms with van der Waals surface area (Å²) in [5, 5.41) is 6.97. The molecule has 4 atom stereocenters. The Morgan fingerprint density at radius 1 is 0.825 bits per heavy atom. The minimum atomic E-state index is -1.12. The standard InChI is InChI=1S/C27H36N6O3S.C12H15ClN4O2S/c1-19(34)32(3)18-27(20-7-5-4-6-8-20)12-14-33(15-13-27)26-29-22-11-16-37(36)24(22)25(30-26)28-21-9-10-23(35)31(2)17-21;1-17-6-7(2-3-9(17)18)14-11-10-8(4-5-20(10)19)15-12(13)16-11/h4-8,21H,9-18H2,1-3H3,(H,28,29,30);7H,2-6H2,1H3,(H,14,15,16)/t21-,37?;7-,20?/m00/s1. The van der Waals surface area contributed by atoms with E-state index in [9.17, 15) is 22.8 Å². The van der Waals surface area contributed by atoms with E-state index < -0.39 is 21.6 Å². The molecule has 5 aliphatic rings. The van der Waals surface area contributed by atoms with E-state index in [-0.39, 0.29) is 40.5 Å². The number of anilines is 3. The number of aryl methyl sites for hydroxylation is 2. The summed E-state index contributed by atoms with van der Waals surface area (Å²) < 4.78 is 24.9. The van der Waals surface area contributed by atoms with Crippen molar-refractivity contribution in [2.45, 2.75) is 85.6 Å². The molecule has 57 heavy (non-hydrogen) atoms. The van der Waals surface area contributed by atoms with E-state index in [1.807, 2.05) is 25.1 Å². The molecule has 8 rings (SSSR count). The van der Waals surface area contributed by atoms with Crippen LogP contribution in [-0.2, 0) is 54.2 Å². The fourth-order valence-corrected chi connectivity index (χ4v) is 11.2. The lowest BCUT2D eigenvalue weighted by Crippen LogP contribution is -2.49. The van der Waals surface area contributed by atoms with Crippen LogP contribution in [0.1, 0.15) is 62.4 Å². The number of likely N-dealkylation sites (tertiary alicyclic amines) is 2. The van der Waals surface area contributed by atoms with Crippen LogP contribution in [-0.4, -0.2) is 138 Å². The van der Waals surface area contributed by atoms with Crippen LogP contribution in [0.2, 0.25) is 5.28 Å². The lowest BCUT2D eigenvalue weighted by molar-refractivity contribution is -0.132. The summed E-state index contributed by atoms with van der Waals surface area (Å²) in [4.78, 5) is 62.5. The molecule has 0 bridgehead atoms. The third-order valence-electron chi connectivity index (χ3n) is 11.7. The van der Waals surface area contributed by atoms with Gasteiger partial charge >= 0.3 is 0 Å². The largest absolute Gasteiger partial charge is 0.364 e. The van der Waals surface area contributed by atoms with Crippen molar-refractivity contribution in [3.63, 3.8) is 0 Å². The first-order valence-corrected chi connectivity index (χ1v) is 22.6. The van der Waals surface area contributed by atoms with Crippen molar-refractivity contribution in [1.29, 1.82) is 0 Å². The first-order chi connectivity index (χ1) is 27.3. The van der Waals surface area contributed by atoms with Gasteiger partial charge in [0.2, 0.25) is 29.0 Å². The van der Waals surface area contributed by atoms with Crippen molar-refractivity contribution in [2.24, 2.45) is 0 Å². The maximum Gasteiger partial charge on any atom is 0.227 e. The summed E-state index contributed by atoms with van der Waals surface area (Å²) in [5.41, 5.74) is 2.76. The van der Waals surface area contributed by atoms with E-state index in [2.05, 4.69) is 49.8 Å². The SMILES string of the molecule is CC(=O)N(C)CC1(c2ccccc2)CCN(c2nc3c(c(N[C@H]4CCC(=O)N(C)C4)n2)S(=O)CC3)CC1.CN1C[C@@H](Nc2nc(Cl)nc3c2S(=O)CC3)CCC1=O. The average molecular weight is 839 g/mol. The Labute approximate surface area is 343 Å². The highest BCUT2D eigenvalue weighted by Gasteiger charge is 2.39. The van der Waals surface area contributed by atoms with E-state index in [1.165, 1.54) is 5.56 Å². The van der Waals surface area contributed by atoms with Crippen LogP contribution < -0.4 is 15.5 Å². The number of hydrogen-bond donors (Lipinski definition) is 2. The molecule has 0 saturated carbocycles. The normalized spacial score (nSPS) is 24.0. The zero-order valence-corrected chi connectivity index (χ0v) is 35.4. The zero-order chi connectivity index (χ0) is 40.4. The lowest BCUT2D eigenvalue weighted by Gasteiger charge is -2.44. The van der Waals surface area contributed by atoms with Crippen molar-refractivity contribution in [2.75, 3.05) is 80.9 Å². The summed E-state index contributed by atoms with van der Waals surface area (Å²) in [7, 11) is 3.30. The first kappa shape index (κ1) is 41.0. The molecule has 3 fully saturated rings. The fourth-order valence-electron chi connectivity index (χ4n) is 8.36. The van der Waals surface area contributed by atoms with Gasteiger partial charge in [0.1, 0.15) is 21.4 Å². The summed E-state index contributed by atoms with van der Waals surface area (Å²) in [6.45, 7) is 5.04. The number of benzene rings is 1. The highest BCUT2D eigenvalue weighted by molar-refractivity contribution is 7.85. The van der Waals surface area contributed by atoms with Gasteiger partial charge in [-0.1, -0.05) is 30.3 Å². The predicted molar refractivity (Wildman–Crippen MR) is 220 cm³/mol. The second-order valence-corrected chi connectivity index (χ2v) is 19.0. The van der Waals surface area contributed by atoms with Gasteiger partial charge < -0.3 is 30.2 Å². The van der Waals surface area contributed by atoms with E-state index in [1.54, 1.807) is 23.8 Å². The summed E-state index contributed by atoms with van der Waals surface area (Å²) in [6.07, 6.45) is 5.59. The number of carbonyl (C=O) groups excluding carboxylic acids is 3. The Morgan fingerprint density at radius 3 is 1.88 bits per heavy atom. The molecule has 18 heteroatoms. The Morgan fingerprint density at radius 2 is 1.35 bits per heavy atom. The van der Waals surface area contributed by atoms with Gasteiger partial charge in [-0.25, -0.2) is 9.97 Å². The number of nitrogens with one attached hydrogen (secondary N) is 2. The smallest absolute Gasteiger partial charge is 0.227 e. The second-order valence-electron chi connectivity index (χ2n) is 15.7. The van der Waals surface area contributed by atoms with E-state index in [0.717, 1.165) is 55.1 Å². The number of hydrogen-bond acceptors (Lipinski definition) is 12. The molecular formula is C39H51ClN10O5S2. The van der Waals surface area contributed by atoms with Crippen LogP contribution in [0.25, 0.3) is 0 Å². The van der Waals surface area contributed by atoms with Crippen molar-refractivity contribution in [3.05, 3.63) is 52.6 Å². The summed E-state index contributed by atoms with van der Waals surface area (Å²) in [5.74, 6) is 3.39. The third-order valence-corrected chi connectivity index (χ3v) is 14.8. The highest BCUT2D eigenvalue weighted by Crippen LogP contribution is 2.39. The Bertz CT molecular complexity index is 2070. The number of aromatic nitrogens is 4. The lowest BCUT2D eigenvalue weighted by atomic mass is 9.72. The Hall–Kier alpha value is -4.22. The molecule has 2 N–H and O–H groups in total. The molecule has 3 amide bonds. The number of amides is 3. The van der Waals surface area contributed by atoms with Gasteiger partial charge in [-0.15, -0.1) is 0 Å². The van der Waals surface area contributed by atoms with Crippen LogP contribution >= 0.6 is 11.6 Å². The number of halogens is 1. The Balaban J connectivity index is 0.000000208. The zero-order valence-electron chi connectivity index (χ0n) is 33.0. The van der Waals surface area contributed by atoms with Crippen molar-refractivity contribution >= 4 is 68.5 Å². The van der Waals surface area contributed by atoms with Crippen molar-refractivity contribution in [3.8, 4) is 0 Å². The Kier molecular flexibility index (Phi) is 12.5. The van der Waals surface area contributed by atoms with Gasteiger partial charge in [0, 0.05) is 115 Å². The topological polar surface area (TPSA) is 174 Å². The van der Waals surface area contributed by atoms with Gasteiger partial charge in [0.25, 0.3) is 0 Å². The van der Waals surface area contributed by atoms with Gasteiger partial charge in [-0.2, -0.15) is 9.97 Å². The molecule has 1 aromatic carbocycles. The molecule has 3 aromatic rings. The fraction of sp³-hybridized carbons (Fsp3) is 0.564. The summed E-state index contributed by atoms with van der Waals surface area (Å²) >= 11 is 5.92. The molecule has 5 aliphatic heterocycles. The van der Waals surface area contributed by atoms with Crippen molar-refractivity contribution in [1.82, 2.24) is 34.6 Å². The monoisotopic (exact) mass is 838 g/mol. The molecule has 0 radical (unpaired) electrons. The van der Waals surface area contributed by atoms with Crippen LogP contribution in [0.4, 0.5) is 17.6 Å². The molecule has 3 saturated heterocycles. The number of carbonyl (C=O) groups is 3. The predicted octanol–water partition coefficient (Wildman–Crippen LogP) is 3.02. The number of nitrogens with zero attached hydrogens (tertiary/aromatic N) is 8. The maximum atomic E-state index is 12.8. The van der Waals surface area contributed by atoms with Gasteiger partial charge in [-0.05, 0) is 42.8 Å². The van der Waals surface area contributed by atoms with Crippen LogP contribution in [0, 0.1) is 0 Å². The average Bonchev–Trinajstić information content (AvgIpc) is 3.76. The van der Waals surface area contributed by atoms with E-state index >= 15 is 0 Å². The minimum absolute atomic E-state index is 0.0680. The minimum Gasteiger partial charge on any atom is -0.364 e. The number of likely N-dealkylation sites (N-methyl/N-ethyl adjacent to an activating group) is 3. The molecular weight excluding hydrogens is 788 g/mol. The summed E-state index contributed by atoms with van der Waals surface area (Å²) in [6, 6.07) is 10.7. The molecule has 7 heterocycles. The van der Waals surface area contributed by atoms with Crippen molar-refractivity contribution < 1.29 is 22.8 Å². The molecule has 15 nitrogen and oxygen atoms in total. The molecule has 306 valence electrons.